The summed E-state index contributed by atoms with van der Waals surface area (Å²) in [6.07, 6.45) is 0.741. The van der Waals surface area contributed by atoms with Crippen LogP contribution in [-0.4, -0.2) is 36.4 Å². The molecule has 8 nitrogen and oxygen atoms in total. The molecule has 140 valence electrons. The molecule has 0 saturated carbocycles. The number of hydrogen-bond donors (Lipinski definition) is 1. The summed E-state index contributed by atoms with van der Waals surface area (Å²) in [5.74, 6) is -0.0618. The molecule has 0 unspecified atom stereocenters. The van der Waals surface area contributed by atoms with Crippen molar-refractivity contribution in [1.29, 1.82) is 0 Å². The van der Waals surface area contributed by atoms with Gasteiger partial charge in [-0.1, -0.05) is 12.1 Å². The topological polar surface area (TPSA) is 108 Å². The Kier molecular flexibility index (Phi) is 5.65. The smallest absolute Gasteiger partial charge is 0.308 e. The molecule has 0 amide bonds. The molecule has 8 heteroatoms. The van der Waals surface area contributed by atoms with Crippen molar-refractivity contribution in [3.05, 3.63) is 63.7 Å². The second kappa shape index (κ2) is 8.31. The number of nitrogens with zero attached hydrogens (tertiary/aromatic N) is 1. The number of carbonyl (C=O) groups excluding carboxylic acids is 2. The number of ketones is 1. The van der Waals surface area contributed by atoms with Crippen LogP contribution in [0, 0.1) is 10.1 Å². The number of rotatable bonds is 8. The van der Waals surface area contributed by atoms with Crippen LogP contribution in [0.15, 0.2) is 42.5 Å². The molecule has 2 aromatic rings. The maximum Gasteiger partial charge on any atom is 0.308 e. The lowest BCUT2D eigenvalue weighted by molar-refractivity contribution is -0.384. The number of nitro benzene ring substituents is 1. The Hall–Kier alpha value is -3.42. The van der Waals surface area contributed by atoms with E-state index in [4.69, 9.17) is 9.47 Å². The number of fused-ring (bicyclic) bond motifs is 1. The van der Waals surface area contributed by atoms with Crippen LogP contribution in [0.3, 0.4) is 0 Å². The highest BCUT2D eigenvalue weighted by Crippen LogP contribution is 2.26. The van der Waals surface area contributed by atoms with E-state index in [9.17, 15) is 19.7 Å². The van der Waals surface area contributed by atoms with Crippen molar-refractivity contribution in [3.8, 4) is 5.75 Å². The summed E-state index contributed by atoms with van der Waals surface area (Å²) < 4.78 is 10.4. The summed E-state index contributed by atoms with van der Waals surface area (Å²) in [6, 6.07) is 11.3. The van der Waals surface area contributed by atoms with Crippen LogP contribution in [0.4, 0.5) is 11.4 Å². The van der Waals surface area contributed by atoms with E-state index in [-0.39, 0.29) is 31.0 Å². The Morgan fingerprint density at radius 1 is 1.22 bits per heavy atom. The number of nitro groups is 1. The third-order valence-electron chi connectivity index (χ3n) is 4.12. The van der Waals surface area contributed by atoms with Crippen molar-refractivity contribution in [2.24, 2.45) is 0 Å². The predicted molar refractivity (Wildman–Crippen MR) is 97.1 cm³/mol. The molecule has 3 rings (SSSR count). The summed E-state index contributed by atoms with van der Waals surface area (Å²) in [6.45, 7) is 0.423. The number of benzene rings is 2. The summed E-state index contributed by atoms with van der Waals surface area (Å²) in [7, 11) is 0. The number of hydrogen-bond acceptors (Lipinski definition) is 7. The first-order valence-electron chi connectivity index (χ1n) is 8.46. The number of nitrogens with one attached hydrogen (secondary N) is 1. The number of para-hydroxylation sites is 2. The maximum absolute atomic E-state index is 12.2. The Balaban J connectivity index is 1.45. The molecule has 0 bridgehead atoms. The molecule has 0 fully saturated rings. The Morgan fingerprint density at radius 3 is 2.85 bits per heavy atom. The van der Waals surface area contributed by atoms with E-state index in [1.807, 2.05) is 0 Å². The molecule has 1 N–H and O–H groups in total. The number of Topliss-reactive ketones (excluding diaryl/α,β-unsaturated/α-hetero) is 1. The van der Waals surface area contributed by atoms with E-state index in [1.54, 1.807) is 36.4 Å². The molecule has 27 heavy (non-hydrogen) atoms. The van der Waals surface area contributed by atoms with E-state index in [0.29, 0.717) is 17.9 Å². The first-order valence-corrected chi connectivity index (χ1v) is 8.46. The minimum absolute atomic E-state index is 0.0165. The minimum Gasteiger partial charge on any atom is -0.493 e. The van der Waals surface area contributed by atoms with E-state index < -0.39 is 10.9 Å². The Bertz CT molecular complexity index is 880. The molecule has 0 radical (unpaired) electrons. The SMILES string of the molecule is O=C(CCNc1ccccc1[N+](=O)[O-])OCC(=O)c1ccc2c(c1)CCO2. The fourth-order valence-electron chi connectivity index (χ4n) is 2.74. The van der Waals surface area contributed by atoms with E-state index in [2.05, 4.69) is 5.32 Å². The zero-order valence-electron chi connectivity index (χ0n) is 14.5. The van der Waals surface area contributed by atoms with Crippen LogP contribution in [0.5, 0.6) is 5.75 Å². The van der Waals surface area contributed by atoms with Gasteiger partial charge in [-0.3, -0.25) is 19.7 Å². The Morgan fingerprint density at radius 2 is 2.04 bits per heavy atom. The number of carbonyl (C=O) groups is 2. The average Bonchev–Trinajstić information content (AvgIpc) is 3.14. The van der Waals surface area contributed by atoms with Gasteiger partial charge in [-0.25, -0.2) is 0 Å². The normalized spacial score (nSPS) is 12.0. The van der Waals surface area contributed by atoms with E-state index in [1.165, 1.54) is 6.07 Å². The quantitative estimate of drug-likeness (QED) is 0.329. The van der Waals surface area contributed by atoms with Crippen LogP contribution in [0.1, 0.15) is 22.3 Å². The molecule has 2 aromatic carbocycles. The summed E-state index contributed by atoms with van der Waals surface area (Å²) in [5.41, 5.74) is 1.71. The minimum atomic E-state index is -0.557. The van der Waals surface area contributed by atoms with Gasteiger partial charge in [0.05, 0.1) is 18.0 Å². The third-order valence-corrected chi connectivity index (χ3v) is 4.12. The molecule has 0 aromatic heterocycles. The second-order valence-corrected chi connectivity index (χ2v) is 5.96. The number of ether oxygens (including phenoxy) is 2. The highest BCUT2D eigenvalue weighted by atomic mass is 16.6. The fourth-order valence-corrected chi connectivity index (χ4v) is 2.74. The van der Waals surface area contributed by atoms with Crippen molar-refractivity contribution in [1.82, 2.24) is 0 Å². The van der Waals surface area contributed by atoms with Crippen molar-refractivity contribution in [2.45, 2.75) is 12.8 Å². The lowest BCUT2D eigenvalue weighted by Crippen LogP contribution is -2.17. The van der Waals surface area contributed by atoms with E-state index in [0.717, 1.165) is 17.7 Å². The zero-order chi connectivity index (χ0) is 19.2. The van der Waals surface area contributed by atoms with Gasteiger partial charge in [-0.15, -0.1) is 0 Å². The van der Waals surface area contributed by atoms with Gasteiger partial charge in [0.25, 0.3) is 5.69 Å². The first kappa shape index (κ1) is 18.4. The van der Waals surface area contributed by atoms with Gasteiger partial charge in [0.2, 0.25) is 0 Å². The van der Waals surface area contributed by atoms with Gasteiger partial charge in [-0.2, -0.15) is 0 Å². The molecule has 0 aliphatic carbocycles. The summed E-state index contributed by atoms with van der Waals surface area (Å²) in [5, 5.41) is 13.8. The molecule has 1 heterocycles. The highest BCUT2D eigenvalue weighted by molar-refractivity contribution is 5.98. The number of esters is 1. The third kappa shape index (κ3) is 4.60. The first-order chi connectivity index (χ1) is 13.0. The molecule has 0 atom stereocenters. The van der Waals surface area contributed by atoms with Crippen LogP contribution < -0.4 is 10.1 Å². The fraction of sp³-hybridized carbons (Fsp3) is 0.263. The van der Waals surface area contributed by atoms with Gasteiger partial charge < -0.3 is 14.8 Å². The van der Waals surface area contributed by atoms with Gasteiger partial charge in [-0.05, 0) is 29.8 Å². The van der Waals surface area contributed by atoms with Gasteiger partial charge in [0.15, 0.2) is 12.4 Å². The van der Waals surface area contributed by atoms with Crippen molar-refractivity contribution in [2.75, 3.05) is 25.1 Å². The summed E-state index contributed by atoms with van der Waals surface area (Å²) >= 11 is 0. The molecule has 1 aliphatic rings. The van der Waals surface area contributed by atoms with Crippen molar-refractivity contribution in [3.63, 3.8) is 0 Å². The van der Waals surface area contributed by atoms with E-state index >= 15 is 0 Å². The van der Waals surface area contributed by atoms with Crippen LogP contribution >= 0.6 is 0 Å². The number of anilines is 1. The average molecular weight is 370 g/mol. The highest BCUT2D eigenvalue weighted by Gasteiger charge is 2.16. The van der Waals surface area contributed by atoms with Crippen LogP contribution in [0.25, 0.3) is 0 Å². The molecular weight excluding hydrogens is 352 g/mol. The monoisotopic (exact) mass is 370 g/mol. The lowest BCUT2D eigenvalue weighted by Gasteiger charge is -2.08. The van der Waals surface area contributed by atoms with Crippen molar-refractivity contribution < 1.29 is 24.0 Å². The van der Waals surface area contributed by atoms with Crippen LogP contribution in [0.2, 0.25) is 0 Å². The molecule has 0 saturated heterocycles. The zero-order valence-corrected chi connectivity index (χ0v) is 14.5. The summed E-state index contributed by atoms with van der Waals surface area (Å²) in [4.78, 5) is 34.4. The molecular formula is C19H18N2O6. The predicted octanol–water partition coefficient (Wildman–Crippen LogP) is 2.76. The second-order valence-electron chi connectivity index (χ2n) is 5.96. The Labute approximate surface area is 155 Å². The molecule has 0 spiro atoms. The van der Waals surface area contributed by atoms with Gasteiger partial charge in [0.1, 0.15) is 11.4 Å². The largest absolute Gasteiger partial charge is 0.493 e. The van der Waals surface area contributed by atoms with Crippen LogP contribution in [-0.2, 0) is 16.0 Å². The van der Waals surface area contributed by atoms with Gasteiger partial charge in [0, 0.05) is 24.6 Å². The van der Waals surface area contributed by atoms with Crippen molar-refractivity contribution >= 4 is 23.1 Å². The maximum atomic E-state index is 12.2. The standard InChI is InChI=1S/C19H18N2O6/c22-17(13-5-6-18-14(11-13)8-10-26-18)12-27-19(23)7-9-20-15-3-1-2-4-16(15)21(24)25/h1-6,11,20H,7-10,12H2. The lowest BCUT2D eigenvalue weighted by atomic mass is 10.1. The molecule has 1 aliphatic heterocycles. The van der Waals surface area contributed by atoms with Gasteiger partial charge >= 0.3 is 5.97 Å².